The van der Waals surface area contributed by atoms with Crippen LogP contribution in [0.4, 0.5) is 24.7 Å². The van der Waals surface area contributed by atoms with Crippen LogP contribution < -0.4 is 9.64 Å². The van der Waals surface area contributed by atoms with Crippen molar-refractivity contribution in [2.24, 2.45) is 0 Å². The van der Waals surface area contributed by atoms with Gasteiger partial charge in [0.15, 0.2) is 5.69 Å². The predicted molar refractivity (Wildman–Crippen MR) is 79.3 cm³/mol. The first-order chi connectivity index (χ1) is 11.3. The Morgan fingerprint density at radius 3 is 2.50 bits per heavy atom. The molecule has 0 aliphatic heterocycles. The second-order valence-electron chi connectivity index (χ2n) is 4.78. The van der Waals surface area contributed by atoms with Crippen molar-refractivity contribution in [1.82, 2.24) is 9.97 Å². The Bertz CT molecular complexity index is 708. The average Bonchev–Trinajstić information content (AvgIpc) is 2.53. The van der Waals surface area contributed by atoms with Gasteiger partial charge < -0.3 is 14.7 Å². The van der Waals surface area contributed by atoms with Crippen LogP contribution in [0.15, 0.2) is 36.4 Å². The van der Waals surface area contributed by atoms with Gasteiger partial charge in [-0.1, -0.05) is 18.2 Å². The molecule has 24 heavy (non-hydrogen) atoms. The van der Waals surface area contributed by atoms with Crippen molar-refractivity contribution in [3.05, 3.63) is 42.1 Å². The maximum absolute atomic E-state index is 13.0. The maximum atomic E-state index is 13.0. The molecule has 0 fully saturated rings. The van der Waals surface area contributed by atoms with Crippen molar-refractivity contribution in [1.29, 1.82) is 0 Å². The van der Waals surface area contributed by atoms with Gasteiger partial charge in [0.05, 0.1) is 6.42 Å². The van der Waals surface area contributed by atoms with Crippen LogP contribution in [0.25, 0.3) is 0 Å². The number of aromatic nitrogens is 2. The van der Waals surface area contributed by atoms with E-state index in [0.717, 1.165) is 6.07 Å². The molecule has 1 aromatic heterocycles. The highest BCUT2D eigenvalue weighted by Crippen LogP contribution is 2.32. The second-order valence-corrected chi connectivity index (χ2v) is 4.78. The molecule has 0 saturated carbocycles. The van der Waals surface area contributed by atoms with Crippen molar-refractivity contribution in [3.8, 4) is 6.01 Å². The quantitative estimate of drug-likeness (QED) is 0.870. The molecule has 2 rings (SSSR count). The number of carbonyl (C=O) groups is 1. The molecular formula is C15H14F3N3O3. The highest BCUT2D eigenvalue weighted by atomic mass is 19.4. The first-order valence-corrected chi connectivity index (χ1v) is 6.87. The summed E-state index contributed by atoms with van der Waals surface area (Å²) in [5.74, 6) is -1.16. The zero-order chi connectivity index (χ0) is 17.7. The van der Waals surface area contributed by atoms with E-state index in [1.807, 2.05) is 0 Å². The summed E-state index contributed by atoms with van der Waals surface area (Å²) >= 11 is 0. The summed E-state index contributed by atoms with van der Waals surface area (Å²) in [4.78, 5) is 19.1. The van der Waals surface area contributed by atoms with Crippen LogP contribution in [0.5, 0.6) is 6.01 Å². The summed E-state index contributed by atoms with van der Waals surface area (Å²) < 4.78 is 44.0. The van der Waals surface area contributed by atoms with Gasteiger partial charge in [0.1, 0.15) is 12.4 Å². The van der Waals surface area contributed by atoms with Crippen LogP contribution in [0.2, 0.25) is 0 Å². The fraction of sp³-hybridized carbons (Fsp3) is 0.267. The number of alkyl halides is 3. The lowest BCUT2D eigenvalue weighted by atomic mass is 10.3. The van der Waals surface area contributed by atoms with Crippen LogP contribution in [0, 0.1) is 0 Å². The maximum Gasteiger partial charge on any atom is 0.433 e. The summed E-state index contributed by atoms with van der Waals surface area (Å²) in [5, 5.41) is 8.56. The number of ether oxygens (including phenoxy) is 1. The van der Waals surface area contributed by atoms with Gasteiger partial charge in [-0.25, -0.2) is 0 Å². The molecule has 0 aliphatic carbocycles. The molecule has 0 radical (unpaired) electrons. The number of halogens is 3. The molecule has 1 N–H and O–H groups in total. The minimum absolute atomic E-state index is 0.0196. The number of aliphatic carboxylic acids is 1. The summed E-state index contributed by atoms with van der Waals surface area (Å²) in [6.45, 7) is -0.328. The van der Waals surface area contributed by atoms with E-state index in [1.165, 1.54) is 4.90 Å². The molecule has 0 unspecified atom stereocenters. The lowest BCUT2D eigenvalue weighted by molar-refractivity contribution is -0.142. The molecule has 2 aromatic rings. The highest BCUT2D eigenvalue weighted by Gasteiger charge is 2.34. The van der Waals surface area contributed by atoms with E-state index in [2.05, 4.69) is 9.97 Å². The summed E-state index contributed by atoms with van der Waals surface area (Å²) in [7, 11) is 1.55. The largest absolute Gasteiger partial charge is 0.481 e. The number of rotatable bonds is 6. The van der Waals surface area contributed by atoms with Crippen LogP contribution in [0.3, 0.4) is 0 Å². The Balaban J connectivity index is 2.34. The van der Waals surface area contributed by atoms with Crippen LogP contribution in [0.1, 0.15) is 12.1 Å². The number of carboxylic acids is 1. The van der Waals surface area contributed by atoms with Gasteiger partial charge in [-0.3, -0.25) is 4.79 Å². The number of hydrogen-bond acceptors (Lipinski definition) is 5. The molecule has 9 heteroatoms. The van der Waals surface area contributed by atoms with Gasteiger partial charge in [0.25, 0.3) is 0 Å². The number of benzene rings is 1. The van der Waals surface area contributed by atoms with Crippen molar-refractivity contribution >= 4 is 17.5 Å². The van der Waals surface area contributed by atoms with Gasteiger partial charge in [-0.05, 0) is 12.1 Å². The molecule has 128 valence electrons. The van der Waals surface area contributed by atoms with Gasteiger partial charge >= 0.3 is 18.2 Å². The number of carboxylic acid groups (broad SMARTS) is 1. The first kappa shape index (κ1) is 17.5. The van der Waals surface area contributed by atoms with Crippen molar-refractivity contribution in [3.63, 3.8) is 0 Å². The Labute approximate surface area is 135 Å². The van der Waals surface area contributed by atoms with Gasteiger partial charge in [0.2, 0.25) is 0 Å². The third-order valence-electron chi connectivity index (χ3n) is 3.02. The summed E-state index contributed by atoms with van der Waals surface area (Å²) in [6.07, 6.45) is -5.05. The first-order valence-electron chi connectivity index (χ1n) is 6.87. The monoisotopic (exact) mass is 341 g/mol. The van der Waals surface area contributed by atoms with Gasteiger partial charge in [-0.2, -0.15) is 23.1 Å². The Morgan fingerprint density at radius 1 is 1.25 bits per heavy atom. The standard InChI is InChI=1S/C15H14F3N3O3/c1-21(10-5-3-2-4-6-10)12-9-11(15(16,17)18)19-14(20-12)24-8-7-13(22)23/h2-6,9H,7-8H2,1H3,(H,22,23). The fourth-order valence-corrected chi connectivity index (χ4v) is 1.81. The Hall–Kier alpha value is -2.84. The third kappa shape index (κ3) is 4.58. The number of hydrogen-bond donors (Lipinski definition) is 1. The average molecular weight is 341 g/mol. The van der Waals surface area contributed by atoms with E-state index in [9.17, 15) is 18.0 Å². The molecule has 0 aliphatic rings. The molecule has 0 bridgehead atoms. The number of nitrogens with zero attached hydrogens (tertiary/aromatic N) is 3. The van der Waals surface area contributed by atoms with E-state index in [-0.39, 0.29) is 18.8 Å². The molecule has 0 amide bonds. The second kappa shape index (κ2) is 7.16. The van der Waals surface area contributed by atoms with Crippen molar-refractivity contribution in [2.45, 2.75) is 12.6 Å². The topological polar surface area (TPSA) is 75.6 Å². The summed E-state index contributed by atoms with van der Waals surface area (Å²) in [6, 6.07) is 8.95. The molecule has 6 nitrogen and oxygen atoms in total. The smallest absolute Gasteiger partial charge is 0.433 e. The third-order valence-corrected chi connectivity index (χ3v) is 3.02. The molecule has 0 atom stereocenters. The van der Waals surface area contributed by atoms with Crippen LogP contribution in [-0.4, -0.2) is 34.7 Å². The van der Waals surface area contributed by atoms with Crippen molar-refractivity contribution < 1.29 is 27.8 Å². The van der Waals surface area contributed by atoms with E-state index in [4.69, 9.17) is 9.84 Å². The van der Waals surface area contributed by atoms with E-state index >= 15 is 0 Å². The normalized spacial score (nSPS) is 11.2. The Morgan fingerprint density at radius 2 is 1.92 bits per heavy atom. The van der Waals surface area contributed by atoms with Crippen LogP contribution >= 0.6 is 0 Å². The van der Waals surface area contributed by atoms with Gasteiger partial charge in [-0.15, -0.1) is 0 Å². The SMILES string of the molecule is CN(c1ccccc1)c1cc(C(F)(F)F)nc(OCCC(=O)O)n1. The minimum atomic E-state index is -4.68. The Kier molecular flexibility index (Phi) is 5.22. The zero-order valence-electron chi connectivity index (χ0n) is 12.6. The zero-order valence-corrected chi connectivity index (χ0v) is 12.6. The van der Waals surface area contributed by atoms with Gasteiger partial charge in [0, 0.05) is 18.8 Å². The fourth-order valence-electron chi connectivity index (χ4n) is 1.81. The predicted octanol–water partition coefficient (Wildman–Crippen LogP) is 3.12. The lowest BCUT2D eigenvalue weighted by Gasteiger charge is -2.20. The van der Waals surface area contributed by atoms with E-state index in [0.29, 0.717) is 5.69 Å². The molecule has 0 saturated heterocycles. The minimum Gasteiger partial charge on any atom is -0.481 e. The van der Waals surface area contributed by atoms with Crippen molar-refractivity contribution in [2.75, 3.05) is 18.6 Å². The molecule has 0 spiro atoms. The number of anilines is 2. The van der Waals surface area contributed by atoms with E-state index < -0.39 is 23.8 Å². The van der Waals surface area contributed by atoms with E-state index in [1.54, 1.807) is 37.4 Å². The summed E-state index contributed by atoms with van der Waals surface area (Å²) in [5.41, 5.74) is -0.540. The highest BCUT2D eigenvalue weighted by molar-refractivity contribution is 5.66. The molecule has 1 heterocycles. The molecular weight excluding hydrogens is 327 g/mol. The lowest BCUT2D eigenvalue weighted by Crippen LogP contribution is -2.17. The number of para-hydroxylation sites is 1. The van der Waals surface area contributed by atoms with Crippen LogP contribution in [-0.2, 0) is 11.0 Å². The molecule has 1 aromatic carbocycles.